The Bertz CT molecular complexity index is 692. The van der Waals surface area contributed by atoms with E-state index >= 15 is 0 Å². The van der Waals surface area contributed by atoms with Gasteiger partial charge in [0, 0.05) is 14.1 Å². The highest BCUT2D eigenvalue weighted by atomic mass is 32.2. The van der Waals surface area contributed by atoms with Crippen LogP contribution in [0.5, 0.6) is 0 Å². The molecule has 6 nitrogen and oxygen atoms in total. The van der Waals surface area contributed by atoms with E-state index < -0.39 is 25.3 Å². The van der Waals surface area contributed by atoms with E-state index in [9.17, 15) is 16.8 Å². The Hall–Kier alpha value is -1.12. The third-order valence-electron chi connectivity index (χ3n) is 2.86. The molecule has 8 heteroatoms. The van der Waals surface area contributed by atoms with Gasteiger partial charge in [0.1, 0.15) is 0 Å². The molecule has 0 spiro atoms. The van der Waals surface area contributed by atoms with Crippen LogP contribution in [0.15, 0.2) is 23.1 Å². The Morgan fingerprint density at radius 3 is 2.10 bits per heavy atom. The van der Waals surface area contributed by atoms with Crippen molar-refractivity contribution in [3.05, 3.63) is 23.8 Å². The number of nitrogens with one attached hydrogen (secondary N) is 1. The second-order valence-electron chi connectivity index (χ2n) is 4.96. The number of rotatable bonds is 5. The van der Waals surface area contributed by atoms with Crippen LogP contribution in [0, 0.1) is 6.92 Å². The Morgan fingerprint density at radius 1 is 1.10 bits per heavy atom. The fourth-order valence-electron chi connectivity index (χ4n) is 1.35. The molecular formula is C12H20N2O4S2. The van der Waals surface area contributed by atoms with Crippen LogP contribution in [0.2, 0.25) is 0 Å². The lowest BCUT2D eigenvalue weighted by Gasteiger charge is -2.16. The van der Waals surface area contributed by atoms with Crippen molar-refractivity contribution < 1.29 is 16.8 Å². The molecule has 0 saturated carbocycles. The van der Waals surface area contributed by atoms with E-state index in [4.69, 9.17) is 0 Å². The van der Waals surface area contributed by atoms with Gasteiger partial charge >= 0.3 is 0 Å². The number of benzene rings is 1. The zero-order valence-electron chi connectivity index (χ0n) is 12.2. The maximum Gasteiger partial charge on any atom is 0.242 e. The average molecular weight is 320 g/mol. The predicted molar refractivity (Wildman–Crippen MR) is 79.7 cm³/mol. The Balaban J connectivity index is 3.31. The molecule has 0 amide bonds. The van der Waals surface area contributed by atoms with Gasteiger partial charge in [0.25, 0.3) is 0 Å². The van der Waals surface area contributed by atoms with Gasteiger partial charge in [-0.1, -0.05) is 6.07 Å². The van der Waals surface area contributed by atoms with Crippen molar-refractivity contribution in [3.63, 3.8) is 0 Å². The molecule has 0 aliphatic carbocycles. The fourth-order valence-corrected chi connectivity index (χ4v) is 3.04. The highest BCUT2D eigenvalue weighted by molar-refractivity contribution is 7.93. The fraction of sp³-hybridized carbons (Fsp3) is 0.500. The summed E-state index contributed by atoms with van der Waals surface area (Å²) in [5.41, 5.74) is 0.938. The first-order chi connectivity index (χ1) is 8.98. The number of aryl methyl sites for hydroxylation is 1. The molecule has 0 heterocycles. The van der Waals surface area contributed by atoms with Crippen LogP contribution in [0.4, 0.5) is 5.69 Å². The van der Waals surface area contributed by atoms with Crippen LogP contribution in [-0.2, 0) is 20.0 Å². The molecular weight excluding hydrogens is 300 g/mol. The summed E-state index contributed by atoms with van der Waals surface area (Å²) in [4.78, 5) is 0.0505. The minimum Gasteiger partial charge on any atom is -0.283 e. The molecule has 0 bridgehead atoms. The lowest BCUT2D eigenvalue weighted by Crippen LogP contribution is -2.24. The standard InChI is InChI=1S/C12H20N2O4S2/c1-9(2)19(15,16)13-12-8-11(7-6-10(12)3)20(17,18)14(4)5/h6-9,13H,1-5H3. The van der Waals surface area contributed by atoms with Gasteiger partial charge in [-0.2, -0.15) is 0 Å². The summed E-state index contributed by atoms with van der Waals surface area (Å²) < 4.78 is 51.3. The second-order valence-corrected chi connectivity index (χ2v) is 9.35. The topological polar surface area (TPSA) is 83.6 Å². The molecule has 1 aromatic carbocycles. The second kappa shape index (κ2) is 5.71. The molecule has 0 aliphatic heterocycles. The minimum absolute atomic E-state index is 0.0505. The van der Waals surface area contributed by atoms with Gasteiger partial charge in [-0.3, -0.25) is 4.72 Å². The van der Waals surface area contributed by atoms with Crippen LogP contribution in [0.25, 0.3) is 0 Å². The molecule has 0 aliphatic rings. The van der Waals surface area contributed by atoms with E-state index in [1.54, 1.807) is 26.8 Å². The largest absolute Gasteiger partial charge is 0.283 e. The molecule has 1 aromatic rings. The zero-order valence-corrected chi connectivity index (χ0v) is 13.8. The van der Waals surface area contributed by atoms with Crippen LogP contribution in [0.3, 0.4) is 0 Å². The molecule has 0 fully saturated rings. The van der Waals surface area contributed by atoms with Gasteiger partial charge in [-0.15, -0.1) is 0 Å². The number of hydrogen-bond donors (Lipinski definition) is 1. The first-order valence-electron chi connectivity index (χ1n) is 6.03. The molecule has 1 N–H and O–H groups in total. The third-order valence-corrected chi connectivity index (χ3v) is 6.42. The molecule has 20 heavy (non-hydrogen) atoms. The SMILES string of the molecule is Cc1ccc(S(=O)(=O)N(C)C)cc1NS(=O)(=O)C(C)C. The van der Waals surface area contributed by atoms with Crippen molar-refractivity contribution >= 4 is 25.7 Å². The highest BCUT2D eigenvalue weighted by Crippen LogP contribution is 2.23. The normalized spacial score (nSPS) is 12.9. The van der Waals surface area contributed by atoms with E-state index in [1.807, 2.05) is 0 Å². The maximum atomic E-state index is 12.0. The van der Waals surface area contributed by atoms with Crippen molar-refractivity contribution in [3.8, 4) is 0 Å². The molecule has 0 atom stereocenters. The number of sulfonamides is 2. The minimum atomic E-state index is -3.59. The number of anilines is 1. The van der Waals surface area contributed by atoms with E-state index in [0.29, 0.717) is 5.56 Å². The van der Waals surface area contributed by atoms with Gasteiger partial charge in [-0.25, -0.2) is 21.1 Å². The summed E-state index contributed by atoms with van der Waals surface area (Å²) >= 11 is 0. The summed E-state index contributed by atoms with van der Waals surface area (Å²) in [6.45, 7) is 4.82. The highest BCUT2D eigenvalue weighted by Gasteiger charge is 2.21. The molecule has 0 radical (unpaired) electrons. The molecule has 0 aromatic heterocycles. The van der Waals surface area contributed by atoms with Crippen molar-refractivity contribution in [1.82, 2.24) is 4.31 Å². The monoisotopic (exact) mass is 320 g/mol. The van der Waals surface area contributed by atoms with Crippen LogP contribution in [-0.4, -0.2) is 40.5 Å². The smallest absolute Gasteiger partial charge is 0.242 e. The first kappa shape index (κ1) is 16.9. The van der Waals surface area contributed by atoms with Gasteiger partial charge in [0.2, 0.25) is 20.0 Å². The van der Waals surface area contributed by atoms with E-state index in [0.717, 1.165) is 4.31 Å². The van der Waals surface area contributed by atoms with Gasteiger partial charge in [0.15, 0.2) is 0 Å². The quantitative estimate of drug-likeness (QED) is 0.889. The van der Waals surface area contributed by atoms with E-state index in [-0.39, 0.29) is 10.6 Å². The number of hydrogen-bond acceptors (Lipinski definition) is 4. The van der Waals surface area contributed by atoms with Crippen LogP contribution in [0.1, 0.15) is 19.4 Å². The van der Waals surface area contributed by atoms with Crippen molar-refractivity contribution in [2.45, 2.75) is 30.9 Å². The van der Waals surface area contributed by atoms with Crippen LogP contribution < -0.4 is 4.72 Å². The molecule has 0 saturated heterocycles. The van der Waals surface area contributed by atoms with E-state index in [1.165, 1.54) is 26.2 Å². The van der Waals surface area contributed by atoms with Crippen molar-refractivity contribution in [2.24, 2.45) is 0 Å². The van der Waals surface area contributed by atoms with Gasteiger partial charge in [-0.05, 0) is 38.5 Å². The summed E-state index contributed by atoms with van der Waals surface area (Å²) in [5.74, 6) is 0. The summed E-state index contributed by atoms with van der Waals surface area (Å²) in [6.07, 6.45) is 0. The Kier molecular flexibility index (Phi) is 4.83. The zero-order chi connectivity index (χ0) is 15.7. The summed E-state index contributed by atoms with van der Waals surface area (Å²) in [5, 5.41) is -0.601. The predicted octanol–water partition coefficient (Wildman–Crippen LogP) is 1.40. The first-order valence-corrected chi connectivity index (χ1v) is 9.02. The molecule has 114 valence electrons. The van der Waals surface area contributed by atoms with Crippen LogP contribution >= 0.6 is 0 Å². The molecule has 1 rings (SSSR count). The summed E-state index contributed by atoms with van der Waals surface area (Å²) in [6, 6.07) is 4.37. The van der Waals surface area contributed by atoms with Crippen molar-refractivity contribution in [1.29, 1.82) is 0 Å². The Labute approximate surface area is 120 Å². The lowest BCUT2D eigenvalue weighted by atomic mass is 10.2. The summed E-state index contributed by atoms with van der Waals surface area (Å²) in [7, 11) is -4.26. The van der Waals surface area contributed by atoms with Gasteiger partial charge < -0.3 is 0 Å². The Morgan fingerprint density at radius 2 is 1.65 bits per heavy atom. The average Bonchev–Trinajstić information content (AvgIpc) is 2.31. The lowest BCUT2D eigenvalue weighted by molar-refractivity contribution is 0.520. The number of nitrogens with zero attached hydrogens (tertiary/aromatic N) is 1. The third kappa shape index (κ3) is 3.50. The maximum absolute atomic E-state index is 12.0. The molecule has 0 unspecified atom stereocenters. The van der Waals surface area contributed by atoms with Crippen molar-refractivity contribution in [2.75, 3.05) is 18.8 Å². The van der Waals surface area contributed by atoms with E-state index in [2.05, 4.69) is 4.72 Å². The van der Waals surface area contributed by atoms with Gasteiger partial charge in [0.05, 0.1) is 15.8 Å².